The van der Waals surface area contributed by atoms with Crippen molar-refractivity contribution >= 4 is 23.3 Å². The van der Waals surface area contributed by atoms with Crippen LogP contribution in [0.2, 0.25) is 0 Å². The number of nitrogens with zero attached hydrogens (tertiary/aromatic N) is 5. The van der Waals surface area contributed by atoms with E-state index in [1.54, 1.807) is 12.4 Å². The summed E-state index contributed by atoms with van der Waals surface area (Å²) in [5.41, 5.74) is 0.846. The first-order chi connectivity index (χ1) is 16.2. The number of ether oxygens (including phenoxy) is 1. The maximum atomic E-state index is 13.1. The number of imidazole rings is 1. The largest absolute Gasteiger partial charge is 0.374 e. The number of carbonyl (C=O) groups is 2. The van der Waals surface area contributed by atoms with Crippen LogP contribution in [0.25, 0.3) is 5.65 Å². The van der Waals surface area contributed by atoms with Crippen molar-refractivity contribution in [3.05, 3.63) is 24.8 Å². The van der Waals surface area contributed by atoms with Crippen LogP contribution in [0.4, 0.5) is 5.82 Å². The fourth-order valence-electron chi connectivity index (χ4n) is 6.16. The summed E-state index contributed by atoms with van der Waals surface area (Å²) in [6.07, 6.45) is 14.1. The van der Waals surface area contributed by atoms with Crippen LogP contribution in [0.3, 0.4) is 0 Å². The van der Waals surface area contributed by atoms with Gasteiger partial charge in [-0.05, 0) is 44.9 Å². The highest BCUT2D eigenvalue weighted by Gasteiger charge is 2.46. The van der Waals surface area contributed by atoms with E-state index in [2.05, 4.69) is 20.2 Å². The van der Waals surface area contributed by atoms with Crippen LogP contribution in [0.1, 0.15) is 44.9 Å². The number of hydrogen-bond acceptors (Lipinski definition) is 6. The average molecular weight is 453 g/mol. The molecule has 2 amide bonds. The van der Waals surface area contributed by atoms with Gasteiger partial charge >= 0.3 is 0 Å². The van der Waals surface area contributed by atoms with E-state index in [-0.39, 0.29) is 41.9 Å². The molecule has 4 saturated heterocycles. The highest BCUT2D eigenvalue weighted by Crippen LogP contribution is 2.40. The lowest BCUT2D eigenvalue weighted by Gasteiger charge is -2.27. The lowest BCUT2D eigenvalue weighted by molar-refractivity contribution is -0.137. The minimum absolute atomic E-state index is 0.0259. The van der Waals surface area contributed by atoms with Gasteiger partial charge in [-0.15, -0.1) is 0 Å². The minimum Gasteiger partial charge on any atom is -0.374 e. The third-order valence-corrected chi connectivity index (χ3v) is 7.96. The molecule has 176 valence electrons. The van der Waals surface area contributed by atoms with Gasteiger partial charge in [-0.3, -0.25) is 9.59 Å². The third kappa shape index (κ3) is 3.96. The monoisotopic (exact) mass is 452 g/mol. The van der Waals surface area contributed by atoms with Gasteiger partial charge in [0.1, 0.15) is 0 Å². The summed E-state index contributed by atoms with van der Waals surface area (Å²) in [6, 6.07) is 0.113. The van der Waals surface area contributed by atoms with Crippen molar-refractivity contribution in [3.63, 3.8) is 0 Å². The Balaban J connectivity index is 1.02. The normalized spacial score (nSPS) is 31.8. The smallest absolute Gasteiger partial charge is 0.228 e. The number of anilines is 1. The Morgan fingerprint density at radius 3 is 2.70 bits per heavy atom. The van der Waals surface area contributed by atoms with E-state index in [1.807, 2.05) is 21.7 Å². The van der Waals surface area contributed by atoms with Crippen molar-refractivity contribution in [2.45, 2.75) is 63.2 Å². The predicted molar refractivity (Wildman–Crippen MR) is 122 cm³/mol. The van der Waals surface area contributed by atoms with Gasteiger partial charge in [-0.25, -0.2) is 9.97 Å². The molecule has 2 bridgehead atoms. The SMILES string of the molecule is O=C(N[C@H]1CCN(c2nccn3ccnc23)C1)[C@H]1CCCN(C(=O)[C@H]2C[C@@H]3CC[C@H]2O3)CC1. The molecule has 1 N–H and O–H groups in total. The van der Waals surface area contributed by atoms with Crippen LogP contribution >= 0.6 is 0 Å². The lowest BCUT2D eigenvalue weighted by atomic mass is 9.88. The second-order valence-corrected chi connectivity index (χ2v) is 10.0. The molecule has 4 fully saturated rings. The van der Waals surface area contributed by atoms with Gasteiger partial charge in [0.25, 0.3) is 0 Å². The zero-order valence-corrected chi connectivity index (χ0v) is 18.9. The Labute approximate surface area is 193 Å². The Kier molecular flexibility index (Phi) is 5.44. The maximum absolute atomic E-state index is 13.1. The van der Waals surface area contributed by atoms with Crippen LogP contribution in [0, 0.1) is 11.8 Å². The van der Waals surface area contributed by atoms with Crippen molar-refractivity contribution in [2.24, 2.45) is 11.8 Å². The number of hydrogen-bond donors (Lipinski definition) is 1. The number of likely N-dealkylation sites (tertiary alicyclic amines) is 1. The molecule has 6 rings (SSSR count). The first-order valence-electron chi connectivity index (χ1n) is 12.4. The Bertz CT molecular complexity index is 1040. The van der Waals surface area contributed by atoms with E-state index >= 15 is 0 Å². The summed E-state index contributed by atoms with van der Waals surface area (Å²) in [4.78, 5) is 39.3. The molecule has 0 aliphatic carbocycles. The number of nitrogens with one attached hydrogen (secondary N) is 1. The number of carbonyl (C=O) groups excluding carboxylic acids is 2. The molecule has 0 saturated carbocycles. The molecule has 2 aromatic heterocycles. The Morgan fingerprint density at radius 2 is 1.88 bits per heavy atom. The Morgan fingerprint density at radius 1 is 1.00 bits per heavy atom. The number of aromatic nitrogens is 3. The molecule has 2 aromatic rings. The summed E-state index contributed by atoms with van der Waals surface area (Å²) < 4.78 is 7.86. The quantitative estimate of drug-likeness (QED) is 0.758. The fraction of sp³-hybridized carbons (Fsp3) is 0.667. The van der Waals surface area contributed by atoms with E-state index in [0.717, 1.165) is 76.0 Å². The first-order valence-corrected chi connectivity index (χ1v) is 12.4. The zero-order valence-electron chi connectivity index (χ0n) is 18.9. The highest BCUT2D eigenvalue weighted by atomic mass is 16.5. The zero-order chi connectivity index (χ0) is 22.4. The second-order valence-electron chi connectivity index (χ2n) is 10.0. The van der Waals surface area contributed by atoms with E-state index in [9.17, 15) is 9.59 Å². The molecule has 4 aliphatic rings. The standard InChI is InChI=1S/C24H32N6O3/c31-23(27-17-6-11-30(15-17)22-21-25-7-12-28(21)13-8-26-22)16-2-1-9-29(10-5-16)24(32)19-14-18-3-4-20(19)33-18/h7-8,12-13,16-20H,1-6,9-11,14-15H2,(H,27,31)/t16-,17-,18-,19-,20+/m0/s1. The van der Waals surface area contributed by atoms with Crippen molar-refractivity contribution in [3.8, 4) is 0 Å². The van der Waals surface area contributed by atoms with Gasteiger partial charge in [0.05, 0.1) is 18.1 Å². The molecular formula is C24H32N6O3. The first kappa shape index (κ1) is 20.9. The predicted octanol–water partition coefficient (Wildman–Crippen LogP) is 1.62. The van der Waals surface area contributed by atoms with Crippen molar-refractivity contribution in [1.29, 1.82) is 0 Å². The number of amides is 2. The lowest BCUT2D eigenvalue weighted by Crippen LogP contribution is -2.42. The third-order valence-electron chi connectivity index (χ3n) is 7.96. The van der Waals surface area contributed by atoms with Gasteiger partial charge in [0.2, 0.25) is 11.8 Å². The molecule has 0 radical (unpaired) electrons. The summed E-state index contributed by atoms with van der Waals surface area (Å²) in [6.45, 7) is 3.02. The molecule has 6 heterocycles. The van der Waals surface area contributed by atoms with Crippen LogP contribution in [-0.2, 0) is 14.3 Å². The molecule has 0 aromatic carbocycles. The van der Waals surface area contributed by atoms with Gasteiger partial charge in [0, 0.05) is 62.9 Å². The summed E-state index contributed by atoms with van der Waals surface area (Å²) in [5, 5.41) is 3.28. The summed E-state index contributed by atoms with van der Waals surface area (Å²) in [5.74, 6) is 1.25. The molecule has 9 nitrogen and oxygen atoms in total. The van der Waals surface area contributed by atoms with Crippen LogP contribution in [0.5, 0.6) is 0 Å². The minimum atomic E-state index is -0.0259. The van der Waals surface area contributed by atoms with Gasteiger partial charge in [-0.2, -0.15) is 0 Å². The molecule has 4 aliphatic heterocycles. The van der Waals surface area contributed by atoms with Gasteiger partial charge in [-0.1, -0.05) is 0 Å². The summed E-state index contributed by atoms with van der Waals surface area (Å²) in [7, 11) is 0. The van der Waals surface area contributed by atoms with Crippen molar-refractivity contribution < 1.29 is 14.3 Å². The van der Waals surface area contributed by atoms with Gasteiger partial charge < -0.3 is 24.3 Å². The van der Waals surface area contributed by atoms with E-state index in [0.29, 0.717) is 6.54 Å². The maximum Gasteiger partial charge on any atom is 0.228 e. The number of fused-ring (bicyclic) bond motifs is 3. The molecule has 9 heteroatoms. The molecule has 0 spiro atoms. The van der Waals surface area contributed by atoms with Crippen LogP contribution in [0.15, 0.2) is 24.8 Å². The fourth-order valence-corrected chi connectivity index (χ4v) is 6.16. The molecule has 5 atom stereocenters. The van der Waals surface area contributed by atoms with E-state index < -0.39 is 0 Å². The molecule has 0 unspecified atom stereocenters. The van der Waals surface area contributed by atoms with E-state index in [4.69, 9.17) is 4.74 Å². The average Bonchev–Trinajstić information content (AvgIpc) is 3.61. The highest BCUT2D eigenvalue weighted by molar-refractivity contribution is 5.81. The topological polar surface area (TPSA) is 92.1 Å². The van der Waals surface area contributed by atoms with Crippen molar-refractivity contribution in [1.82, 2.24) is 24.6 Å². The van der Waals surface area contributed by atoms with E-state index in [1.165, 1.54) is 0 Å². The van der Waals surface area contributed by atoms with Crippen LogP contribution < -0.4 is 10.2 Å². The number of rotatable bonds is 4. The van der Waals surface area contributed by atoms with Gasteiger partial charge in [0.15, 0.2) is 11.5 Å². The Hall–Kier alpha value is -2.68. The molecular weight excluding hydrogens is 420 g/mol. The second kappa shape index (κ2) is 8.59. The van der Waals surface area contributed by atoms with Crippen molar-refractivity contribution in [2.75, 3.05) is 31.1 Å². The summed E-state index contributed by atoms with van der Waals surface area (Å²) >= 11 is 0. The molecule has 33 heavy (non-hydrogen) atoms. The van der Waals surface area contributed by atoms with Crippen LogP contribution in [-0.4, -0.2) is 75.5 Å².